The summed E-state index contributed by atoms with van der Waals surface area (Å²) in [5, 5.41) is 18.9. The molecule has 0 bridgehead atoms. The highest BCUT2D eigenvalue weighted by atomic mass is 16.4. The van der Waals surface area contributed by atoms with E-state index in [9.17, 15) is 9.59 Å². The molecule has 1 aliphatic rings. The molecule has 2 heterocycles. The Kier molecular flexibility index (Phi) is 7.50. The van der Waals surface area contributed by atoms with Crippen LogP contribution in [0.3, 0.4) is 0 Å². The summed E-state index contributed by atoms with van der Waals surface area (Å²) in [6.07, 6.45) is 0. The van der Waals surface area contributed by atoms with E-state index in [1.807, 2.05) is 4.90 Å². The molecule has 26 heavy (non-hydrogen) atoms. The predicted octanol–water partition coefficient (Wildman–Crippen LogP) is -1.59. The molecule has 0 unspecified atom stereocenters. The summed E-state index contributed by atoms with van der Waals surface area (Å²) in [6, 6.07) is 0. The van der Waals surface area contributed by atoms with Gasteiger partial charge in [-0.1, -0.05) is 13.8 Å². The van der Waals surface area contributed by atoms with Crippen molar-refractivity contribution in [2.24, 2.45) is 20.0 Å². The zero-order chi connectivity index (χ0) is 20.0. The first-order valence-electron chi connectivity index (χ1n) is 8.12. The lowest BCUT2D eigenvalue weighted by molar-refractivity contribution is -0.159. The lowest BCUT2D eigenvalue weighted by Crippen LogP contribution is -2.51. The van der Waals surface area contributed by atoms with Gasteiger partial charge in [-0.15, -0.1) is 5.10 Å². The maximum absolute atomic E-state index is 12.1. The molecule has 1 aromatic rings. The normalized spacial score (nSPS) is 14.7. The number of carboxylic acid groups (broad SMARTS) is 2. The van der Waals surface area contributed by atoms with Gasteiger partial charge in [-0.3, -0.25) is 14.3 Å². The Morgan fingerprint density at radius 2 is 1.54 bits per heavy atom. The maximum atomic E-state index is 12.1. The Bertz CT molecular complexity index is 749. The number of nitrogens with zero attached hydrogens (tertiary/aromatic N) is 5. The van der Waals surface area contributed by atoms with Crippen LogP contribution in [0.4, 0.5) is 5.82 Å². The first-order chi connectivity index (χ1) is 12.0. The van der Waals surface area contributed by atoms with Crippen molar-refractivity contribution in [1.29, 1.82) is 0 Å². The van der Waals surface area contributed by atoms with E-state index in [-0.39, 0.29) is 5.56 Å². The van der Waals surface area contributed by atoms with E-state index in [0.29, 0.717) is 11.7 Å². The minimum atomic E-state index is -1.82. The lowest BCUT2D eigenvalue weighted by Gasteiger charge is -2.35. The molecule has 0 aromatic carbocycles. The van der Waals surface area contributed by atoms with Crippen LogP contribution < -0.4 is 16.1 Å². The van der Waals surface area contributed by atoms with Gasteiger partial charge in [0, 0.05) is 46.8 Å². The fourth-order valence-corrected chi connectivity index (χ4v) is 2.54. The van der Waals surface area contributed by atoms with E-state index in [4.69, 9.17) is 19.8 Å². The van der Waals surface area contributed by atoms with E-state index in [2.05, 4.69) is 23.8 Å². The summed E-state index contributed by atoms with van der Waals surface area (Å²) < 4.78 is 2.33. The van der Waals surface area contributed by atoms with Gasteiger partial charge in [0.05, 0.1) is 0 Å². The number of rotatable bonds is 3. The quantitative estimate of drug-likeness (QED) is 0.602. The van der Waals surface area contributed by atoms with Crippen LogP contribution in [0.5, 0.6) is 0 Å². The van der Waals surface area contributed by atoms with Crippen LogP contribution >= 0.6 is 0 Å². The molecule has 2 rings (SSSR count). The fraction of sp³-hybridized carbons (Fsp3) is 0.667. The summed E-state index contributed by atoms with van der Waals surface area (Å²) in [5.74, 6) is -2.63. The summed E-state index contributed by atoms with van der Waals surface area (Å²) in [7, 11) is 3.06. The first kappa shape index (κ1) is 21.4. The molecular formula is C15H25N5O6. The number of carbonyl (C=O) groups is 2. The van der Waals surface area contributed by atoms with Crippen molar-refractivity contribution in [2.75, 3.05) is 37.6 Å². The second kappa shape index (κ2) is 9.13. The second-order valence-electron chi connectivity index (χ2n) is 6.39. The van der Waals surface area contributed by atoms with Gasteiger partial charge in [-0.05, 0) is 5.92 Å². The number of hydrogen-bond acceptors (Lipinski definition) is 7. The van der Waals surface area contributed by atoms with Crippen LogP contribution in [0.1, 0.15) is 13.8 Å². The number of aliphatic carboxylic acids is 2. The number of hydrogen-bond donors (Lipinski definition) is 2. The van der Waals surface area contributed by atoms with Gasteiger partial charge in [0.15, 0.2) is 0 Å². The summed E-state index contributed by atoms with van der Waals surface area (Å²) >= 11 is 0. The molecule has 1 aromatic heterocycles. The summed E-state index contributed by atoms with van der Waals surface area (Å²) in [4.78, 5) is 46.3. The van der Waals surface area contributed by atoms with Crippen LogP contribution in [0.25, 0.3) is 0 Å². The Hall–Kier alpha value is -2.69. The SMILES string of the molecule is CC(C)CN1CCN(c2nn(C)c(=O)n(C)c2=O)CC1.O=C(O)C(=O)O. The molecule has 0 amide bonds. The van der Waals surface area contributed by atoms with Gasteiger partial charge >= 0.3 is 17.6 Å². The minimum Gasteiger partial charge on any atom is -0.473 e. The van der Waals surface area contributed by atoms with Crippen molar-refractivity contribution >= 4 is 17.8 Å². The highest BCUT2D eigenvalue weighted by molar-refractivity contribution is 6.27. The van der Waals surface area contributed by atoms with Crippen LogP contribution in [0.2, 0.25) is 0 Å². The zero-order valence-electron chi connectivity index (χ0n) is 15.4. The van der Waals surface area contributed by atoms with Gasteiger partial charge in [-0.2, -0.15) is 0 Å². The van der Waals surface area contributed by atoms with Crippen molar-refractivity contribution in [3.63, 3.8) is 0 Å². The average molecular weight is 371 g/mol. The maximum Gasteiger partial charge on any atom is 0.414 e. The van der Waals surface area contributed by atoms with Crippen molar-refractivity contribution in [1.82, 2.24) is 19.2 Å². The molecule has 11 heteroatoms. The number of carboxylic acids is 2. The standard InChI is InChI=1S/C13H23N5O2.C2H2O4/c1-10(2)9-17-5-7-18(8-6-17)11-12(19)15(3)13(20)16(4)14-11;3-1(4)2(5)6/h10H,5-9H2,1-4H3;(H,3,4)(H,5,6). The molecule has 0 radical (unpaired) electrons. The van der Waals surface area contributed by atoms with Crippen LogP contribution in [0.15, 0.2) is 9.59 Å². The van der Waals surface area contributed by atoms with Crippen LogP contribution in [0, 0.1) is 5.92 Å². The third-order valence-corrected chi connectivity index (χ3v) is 3.78. The van der Waals surface area contributed by atoms with E-state index in [0.717, 1.165) is 37.3 Å². The van der Waals surface area contributed by atoms with Crippen LogP contribution in [-0.4, -0.2) is 74.1 Å². The van der Waals surface area contributed by atoms with Crippen molar-refractivity contribution < 1.29 is 19.8 Å². The largest absolute Gasteiger partial charge is 0.473 e. The van der Waals surface area contributed by atoms with Gasteiger partial charge in [-0.25, -0.2) is 19.1 Å². The molecular weight excluding hydrogens is 346 g/mol. The molecule has 0 spiro atoms. The summed E-state index contributed by atoms with van der Waals surface area (Å²) in [5.41, 5.74) is -0.706. The highest BCUT2D eigenvalue weighted by Gasteiger charge is 2.22. The number of aromatic nitrogens is 3. The zero-order valence-corrected chi connectivity index (χ0v) is 15.4. The molecule has 2 N–H and O–H groups in total. The Labute approximate surface area is 150 Å². The molecule has 1 saturated heterocycles. The molecule has 0 saturated carbocycles. The van der Waals surface area contributed by atoms with E-state index in [1.54, 1.807) is 7.05 Å². The number of aryl methyl sites for hydroxylation is 1. The molecule has 1 fully saturated rings. The summed E-state index contributed by atoms with van der Waals surface area (Å²) in [6.45, 7) is 8.87. The van der Waals surface area contributed by atoms with Gasteiger partial charge in [0.25, 0.3) is 5.56 Å². The van der Waals surface area contributed by atoms with E-state index >= 15 is 0 Å². The Balaban J connectivity index is 0.000000487. The average Bonchev–Trinajstić information content (AvgIpc) is 2.57. The van der Waals surface area contributed by atoms with Crippen molar-refractivity contribution in [3.05, 3.63) is 20.8 Å². The molecule has 1 aliphatic heterocycles. The fourth-order valence-electron chi connectivity index (χ4n) is 2.54. The van der Waals surface area contributed by atoms with Gasteiger partial charge in [0.1, 0.15) is 0 Å². The van der Waals surface area contributed by atoms with Gasteiger partial charge in [0.2, 0.25) is 5.82 Å². The predicted molar refractivity (Wildman–Crippen MR) is 93.5 cm³/mol. The smallest absolute Gasteiger partial charge is 0.414 e. The lowest BCUT2D eigenvalue weighted by atomic mass is 10.2. The van der Waals surface area contributed by atoms with Crippen molar-refractivity contribution in [3.8, 4) is 0 Å². The Morgan fingerprint density at radius 3 is 1.96 bits per heavy atom. The van der Waals surface area contributed by atoms with Crippen LogP contribution in [-0.2, 0) is 23.7 Å². The molecule has 0 atom stereocenters. The Morgan fingerprint density at radius 1 is 1.04 bits per heavy atom. The first-order valence-corrected chi connectivity index (χ1v) is 8.12. The molecule has 146 valence electrons. The van der Waals surface area contributed by atoms with Gasteiger partial charge < -0.3 is 15.1 Å². The van der Waals surface area contributed by atoms with E-state index in [1.165, 1.54) is 11.7 Å². The monoisotopic (exact) mass is 371 g/mol. The molecule has 11 nitrogen and oxygen atoms in total. The second-order valence-corrected chi connectivity index (χ2v) is 6.39. The number of piperazine rings is 1. The topological polar surface area (TPSA) is 138 Å². The van der Waals surface area contributed by atoms with Crippen molar-refractivity contribution in [2.45, 2.75) is 13.8 Å². The highest BCUT2D eigenvalue weighted by Crippen LogP contribution is 2.09. The molecule has 0 aliphatic carbocycles. The third-order valence-electron chi connectivity index (χ3n) is 3.78. The van der Waals surface area contributed by atoms with E-state index < -0.39 is 17.6 Å². The third kappa shape index (κ3) is 5.69. The minimum absolute atomic E-state index is 0.314. The number of anilines is 1.